The lowest BCUT2D eigenvalue weighted by Crippen LogP contribution is -1.90. The van der Waals surface area contributed by atoms with Crippen LogP contribution >= 0.6 is 0 Å². The standard InChI is InChI=1S/C17H16O3/c1-18-13-7-6-11-4-5-12-8-14(19-2)10-16(20-3)17(12)15(11)9-13/h4-10H,1-3H3. The number of methoxy groups -OCH3 is 3. The van der Waals surface area contributed by atoms with Gasteiger partial charge in [0, 0.05) is 11.5 Å². The molecule has 3 aromatic rings. The predicted molar refractivity (Wildman–Crippen MR) is 81.1 cm³/mol. The largest absolute Gasteiger partial charge is 0.497 e. The zero-order chi connectivity index (χ0) is 14.1. The van der Waals surface area contributed by atoms with Crippen molar-refractivity contribution in [2.24, 2.45) is 0 Å². The zero-order valence-corrected chi connectivity index (χ0v) is 11.8. The third-order valence-electron chi connectivity index (χ3n) is 3.53. The number of fused-ring (bicyclic) bond motifs is 3. The second-order valence-corrected chi connectivity index (χ2v) is 4.58. The van der Waals surface area contributed by atoms with E-state index in [4.69, 9.17) is 14.2 Å². The molecule has 0 atom stereocenters. The summed E-state index contributed by atoms with van der Waals surface area (Å²) in [7, 11) is 5.00. The Morgan fingerprint density at radius 3 is 2.05 bits per heavy atom. The number of hydrogen-bond acceptors (Lipinski definition) is 3. The van der Waals surface area contributed by atoms with Crippen molar-refractivity contribution in [2.75, 3.05) is 21.3 Å². The molecule has 0 N–H and O–H groups in total. The fourth-order valence-corrected chi connectivity index (χ4v) is 2.51. The molecule has 3 heteroatoms. The molecular weight excluding hydrogens is 252 g/mol. The Labute approximate surface area is 117 Å². The van der Waals surface area contributed by atoms with Crippen LogP contribution in [0.1, 0.15) is 0 Å². The Morgan fingerprint density at radius 1 is 0.650 bits per heavy atom. The van der Waals surface area contributed by atoms with Crippen LogP contribution in [0, 0.1) is 0 Å². The van der Waals surface area contributed by atoms with Gasteiger partial charge in [0.15, 0.2) is 0 Å². The maximum absolute atomic E-state index is 5.53. The summed E-state index contributed by atoms with van der Waals surface area (Å²) in [4.78, 5) is 0. The van der Waals surface area contributed by atoms with E-state index >= 15 is 0 Å². The van der Waals surface area contributed by atoms with Gasteiger partial charge in [-0.2, -0.15) is 0 Å². The Bertz CT molecular complexity index is 778. The van der Waals surface area contributed by atoms with E-state index < -0.39 is 0 Å². The topological polar surface area (TPSA) is 27.7 Å². The van der Waals surface area contributed by atoms with Crippen molar-refractivity contribution in [2.45, 2.75) is 0 Å². The molecule has 0 bridgehead atoms. The van der Waals surface area contributed by atoms with Gasteiger partial charge in [0.2, 0.25) is 0 Å². The molecule has 0 unspecified atom stereocenters. The van der Waals surface area contributed by atoms with Gasteiger partial charge in [-0.25, -0.2) is 0 Å². The van der Waals surface area contributed by atoms with Crippen molar-refractivity contribution in [3.8, 4) is 17.2 Å². The maximum Gasteiger partial charge on any atom is 0.131 e. The molecule has 0 amide bonds. The smallest absolute Gasteiger partial charge is 0.131 e. The molecule has 20 heavy (non-hydrogen) atoms. The second kappa shape index (κ2) is 4.93. The van der Waals surface area contributed by atoms with Crippen molar-refractivity contribution < 1.29 is 14.2 Å². The van der Waals surface area contributed by atoms with Crippen LogP contribution in [0.4, 0.5) is 0 Å². The molecule has 0 fully saturated rings. The number of hydrogen-bond donors (Lipinski definition) is 0. The van der Waals surface area contributed by atoms with Crippen molar-refractivity contribution in [1.29, 1.82) is 0 Å². The van der Waals surface area contributed by atoms with E-state index in [0.717, 1.165) is 38.8 Å². The van der Waals surface area contributed by atoms with E-state index in [-0.39, 0.29) is 0 Å². The number of ether oxygens (including phenoxy) is 3. The molecule has 3 nitrogen and oxygen atoms in total. The number of rotatable bonds is 3. The van der Waals surface area contributed by atoms with Gasteiger partial charge in [-0.3, -0.25) is 0 Å². The minimum absolute atomic E-state index is 0.789. The average molecular weight is 268 g/mol. The first kappa shape index (κ1) is 12.6. The first-order valence-electron chi connectivity index (χ1n) is 6.39. The quantitative estimate of drug-likeness (QED) is 0.671. The van der Waals surface area contributed by atoms with Crippen LogP contribution in [0.25, 0.3) is 21.5 Å². The highest BCUT2D eigenvalue weighted by molar-refractivity contribution is 6.11. The predicted octanol–water partition coefficient (Wildman–Crippen LogP) is 4.02. The fourth-order valence-electron chi connectivity index (χ4n) is 2.51. The zero-order valence-electron chi connectivity index (χ0n) is 11.8. The third kappa shape index (κ3) is 1.92. The highest BCUT2D eigenvalue weighted by Crippen LogP contribution is 2.37. The van der Waals surface area contributed by atoms with Gasteiger partial charge in [-0.05, 0) is 34.4 Å². The van der Waals surface area contributed by atoms with Crippen LogP contribution < -0.4 is 14.2 Å². The minimum Gasteiger partial charge on any atom is -0.497 e. The molecule has 0 spiro atoms. The van der Waals surface area contributed by atoms with Crippen molar-refractivity contribution >= 4 is 21.5 Å². The summed E-state index contributed by atoms with van der Waals surface area (Å²) in [6, 6.07) is 14.1. The van der Waals surface area contributed by atoms with Crippen molar-refractivity contribution in [3.05, 3.63) is 42.5 Å². The van der Waals surface area contributed by atoms with Crippen LogP contribution in [0.15, 0.2) is 42.5 Å². The average Bonchev–Trinajstić information content (AvgIpc) is 2.52. The van der Waals surface area contributed by atoms with Crippen LogP contribution in [-0.4, -0.2) is 21.3 Å². The lowest BCUT2D eigenvalue weighted by atomic mass is 10.0. The molecule has 3 aromatic carbocycles. The minimum atomic E-state index is 0.789. The summed E-state index contributed by atoms with van der Waals surface area (Å²) in [6.45, 7) is 0. The summed E-state index contributed by atoms with van der Waals surface area (Å²) in [5.41, 5.74) is 0. The molecule has 0 saturated heterocycles. The highest BCUT2D eigenvalue weighted by Gasteiger charge is 2.10. The van der Waals surface area contributed by atoms with E-state index in [1.54, 1.807) is 21.3 Å². The second-order valence-electron chi connectivity index (χ2n) is 4.58. The van der Waals surface area contributed by atoms with Gasteiger partial charge in [-0.15, -0.1) is 0 Å². The molecule has 0 aromatic heterocycles. The van der Waals surface area contributed by atoms with Crippen LogP contribution in [-0.2, 0) is 0 Å². The summed E-state index contributed by atoms with van der Waals surface area (Å²) in [5, 5.41) is 4.43. The van der Waals surface area contributed by atoms with Crippen LogP contribution in [0.3, 0.4) is 0 Å². The van der Waals surface area contributed by atoms with E-state index in [2.05, 4.69) is 18.2 Å². The Morgan fingerprint density at radius 2 is 1.35 bits per heavy atom. The maximum atomic E-state index is 5.53. The van der Waals surface area contributed by atoms with Gasteiger partial charge in [0.1, 0.15) is 17.2 Å². The van der Waals surface area contributed by atoms with E-state index in [1.165, 1.54) is 0 Å². The summed E-state index contributed by atoms with van der Waals surface area (Å²) in [5.74, 6) is 2.43. The summed E-state index contributed by atoms with van der Waals surface area (Å²) < 4.78 is 16.2. The van der Waals surface area contributed by atoms with E-state index in [9.17, 15) is 0 Å². The van der Waals surface area contributed by atoms with Gasteiger partial charge in [0.25, 0.3) is 0 Å². The Balaban J connectivity index is 2.44. The molecule has 0 aliphatic carbocycles. The SMILES string of the molecule is COc1cc(OC)c2c(ccc3ccc(OC)cc32)c1. The first-order chi connectivity index (χ1) is 9.76. The summed E-state index contributed by atoms with van der Waals surface area (Å²) in [6.07, 6.45) is 0. The molecule has 102 valence electrons. The van der Waals surface area contributed by atoms with Gasteiger partial charge in [0.05, 0.1) is 21.3 Å². The monoisotopic (exact) mass is 268 g/mol. The highest BCUT2D eigenvalue weighted by atomic mass is 16.5. The molecule has 3 rings (SSSR count). The Hall–Kier alpha value is -2.42. The molecule has 0 radical (unpaired) electrons. The third-order valence-corrected chi connectivity index (χ3v) is 3.53. The van der Waals surface area contributed by atoms with Crippen molar-refractivity contribution in [1.82, 2.24) is 0 Å². The number of benzene rings is 3. The molecule has 0 saturated carbocycles. The first-order valence-corrected chi connectivity index (χ1v) is 6.39. The lowest BCUT2D eigenvalue weighted by Gasteiger charge is -2.12. The van der Waals surface area contributed by atoms with Gasteiger partial charge in [-0.1, -0.05) is 18.2 Å². The normalized spacial score (nSPS) is 10.8. The molecule has 0 heterocycles. The summed E-state index contributed by atoms with van der Waals surface area (Å²) >= 11 is 0. The lowest BCUT2D eigenvalue weighted by molar-refractivity contribution is 0.398. The molecule has 0 aliphatic rings. The van der Waals surface area contributed by atoms with Crippen molar-refractivity contribution in [3.63, 3.8) is 0 Å². The van der Waals surface area contributed by atoms with Crippen LogP contribution in [0.2, 0.25) is 0 Å². The van der Waals surface area contributed by atoms with Gasteiger partial charge >= 0.3 is 0 Å². The van der Waals surface area contributed by atoms with E-state index in [0.29, 0.717) is 0 Å². The Kier molecular flexibility index (Phi) is 3.11. The van der Waals surface area contributed by atoms with E-state index in [1.807, 2.05) is 24.3 Å². The van der Waals surface area contributed by atoms with Gasteiger partial charge < -0.3 is 14.2 Å². The van der Waals surface area contributed by atoms with Crippen LogP contribution in [0.5, 0.6) is 17.2 Å². The molecule has 0 aliphatic heterocycles. The fraction of sp³-hybridized carbons (Fsp3) is 0.176. The molecular formula is C17H16O3.